The summed E-state index contributed by atoms with van der Waals surface area (Å²) in [6, 6.07) is 9.34. The summed E-state index contributed by atoms with van der Waals surface area (Å²) >= 11 is 0. The van der Waals surface area contributed by atoms with E-state index in [-0.39, 0.29) is 0 Å². The lowest BCUT2D eigenvalue weighted by atomic mass is 9.96. The smallest absolute Gasteiger partial charge is 0.0417 e. The maximum absolute atomic E-state index is 3.66. The number of allylic oxidation sites excluding steroid dienone is 1. The van der Waals surface area contributed by atoms with Crippen LogP contribution in [0.2, 0.25) is 0 Å². The zero-order valence-corrected chi connectivity index (χ0v) is 11.5. The monoisotopic (exact) mass is 244 g/mol. The van der Waals surface area contributed by atoms with E-state index in [1.807, 2.05) is 0 Å². The topological polar surface area (TPSA) is 15.3 Å². The molecule has 0 aromatic heterocycles. The van der Waals surface area contributed by atoms with E-state index in [0.717, 1.165) is 19.6 Å². The highest BCUT2D eigenvalue weighted by Gasteiger charge is 2.23. The molecule has 0 spiro atoms. The molecular weight excluding hydrogens is 220 g/mol. The van der Waals surface area contributed by atoms with Crippen molar-refractivity contribution in [3.63, 3.8) is 0 Å². The second-order valence-corrected chi connectivity index (χ2v) is 4.87. The number of nitrogens with one attached hydrogen (secondary N) is 1. The molecule has 0 saturated heterocycles. The van der Waals surface area contributed by atoms with Crippen molar-refractivity contribution >= 4 is 5.69 Å². The number of benzene rings is 1. The molecule has 18 heavy (non-hydrogen) atoms. The highest BCUT2D eigenvalue weighted by Crippen LogP contribution is 2.33. The maximum atomic E-state index is 3.66. The molecule has 1 unspecified atom stereocenters. The molecule has 0 bridgehead atoms. The Bertz CT molecular complexity index is 398. The van der Waals surface area contributed by atoms with Crippen molar-refractivity contribution in [3.8, 4) is 0 Å². The van der Waals surface area contributed by atoms with Gasteiger partial charge in [-0.15, -0.1) is 0 Å². The van der Waals surface area contributed by atoms with Gasteiger partial charge in [0.15, 0.2) is 0 Å². The third-order valence-electron chi connectivity index (χ3n) is 3.54. The molecule has 0 saturated carbocycles. The molecule has 0 aliphatic carbocycles. The SMILES string of the molecule is C/C=C/CN1CCC(NCCC)c2ccccc21. The van der Waals surface area contributed by atoms with Crippen molar-refractivity contribution in [1.82, 2.24) is 5.32 Å². The molecule has 98 valence electrons. The van der Waals surface area contributed by atoms with Gasteiger partial charge in [0.2, 0.25) is 0 Å². The minimum Gasteiger partial charge on any atom is -0.367 e. The van der Waals surface area contributed by atoms with Gasteiger partial charge in [0, 0.05) is 24.8 Å². The average Bonchev–Trinajstić information content (AvgIpc) is 2.43. The Labute approximate surface area is 111 Å². The van der Waals surface area contributed by atoms with E-state index in [4.69, 9.17) is 0 Å². The summed E-state index contributed by atoms with van der Waals surface area (Å²) in [5, 5.41) is 3.66. The van der Waals surface area contributed by atoms with Gasteiger partial charge in [0.05, 0.1) is 0 Å². The van der Waals surface area contributed by atoms with Crippen LogP contribution in [0, 0.1) is 0 Å². The largest absolute Gasteiger partial charge is 0.367 e. The Morgan fingerprint density at radius 1 is 1.39 bits per heavy atom. The van der Waals surface area contributed by atoms with Gasteiger partial charge in [-0.2, -0.15) is 0 Å². The third-order valence-corrected chi connectivity index (χ3v) is 3.54. The fourth-order valence-corrected chi connectivity index (χ4v) is 2.58. The Hall–Kier alpha value is -1.28. The van der Waals surface area contributed by atoms with E-state index in [9.17, 15) is 0 Å². The Balaban J connectivity index is 2.17. The number of anilines is 1. The molecule has 1 aromatic carbocycles. The van der Waals surface area contributed by atoms with Crippen molar-refractivity contribution in [1.29, 1.82) is 0 Å². The van der Waals surface area contributed by atoms with Gasteiger partial charge >= 0.3 is 0 Å². The maximum Gasteiger partial charge on any atom is 0.0417 e. The first-order chi connectivity index (χ1) is 8.86. The van der Waals surface area contributed by atoms with E-state index in [1.54, 1.807) is 0 Å². The summed E-state index contributed by atoms with van der Waals surface area (Å²) in [7, 11) is 0. The van der Waals surface area contributed by atoms with Crippen LogP contribution in [0.4, 0.5) is 5.69 Å². The molecule has 1 aromatic rings. The number of para-hydroxylation sites is 1. The Kier molecular flexibility index (Phi) is 4.82. The molecule has 1 aliphatic rings. The van der Waals surface area contributed by atoms with Gasteiger partial charge in [0.1, 0.15) is 0 Å². The van der Waals surface area contributed by atoms with Crippen molar-refractivity contribution in [2.24, 2.45) is 0 Å². The highest BCUT2D eigenvalue weighted by atomic mass is 15.1. The predicted molar refractivity (Wildman–Crippen MR) is 79.1 cm³/mol. The normalized spacial score (nSPS) is 19.2. The summed E-state index contributed by atoms with van der Waals surface area (Å²) in [4.78, 5) is 2.47. The Morgan fingerprint density at radius 2 is 2.22 bits per heavy atom. The minimum atomic E-state index is 0.531. The minimum absolute atomic E-state index is 0.531. The predicted octanol–water partition coefficient (Wildman–Crippen LogP) is 3.51. The van der Waals surface area contributed by atoms with Crippen LogP contribution in [0.25, 0.3) is 0 Å². The van der Waals surface area contributed by atoms with Gasteiger partial charge in [-0.3, -0.25) is 0 Å². The van der Waals surface area contributed by atoms with Crippen molar-refractivity contribution in [2.45, 2.75) is 32.7 Å². The van der Waals surface area contributed by atoms with E-state index < -0.39 is 0 Å². The molecule has 0 radical (unpaired) electrons. The molecular formula is C16H24N2. The number of hydrogen-bond acceptors (Lipinski definition) is 2. The van der Waals surface area contributed by atoms with Crippen LogP contribution in [0.3, 0.4) is 0 Å². The fraction of sp³-hybridized carbons (Fsp3) is 0.500. The lowest BCUT2D eigenvalue weighted by Crippen LogP contribution is -2.36. The molecule has 1 N–H and O–H groups in total. The van der Waals surface area contributed by atoms with Crippen LogP contribution < -0.4 is 10.2 Å². The number of hydrogen-bond donors (Lipinski definition) is 1. The van der Waals surface area contributed by atoms with Crippen LogP contribution >= 0.6 is 0 Å². The fourth-order valence-electron chi connectivity index (χ4n) is 2.58. The summed E-state index contributed by atoms with van der Waals surface area (Å²) in [5.41, 5.74) is 2.86. The van der Waals surface area contributed by atoms with Crippen LogP contribution in [0.15, 0.2) is 36.4 Å². The summed E-state index contributed by atoms with van der Waals surface area (Å²) in [6.45, 7) is 7.58. The van der Waals surface area contributed by atoms with E-state index in [2.05, 4.69) is 60.5 Å². The molecule has 2 heteroatoms. The second kappa shape index (κ2) is 6.60. The van der Waals surface area contributed by atoms with Gasteiger partial charge in [-0.1, -0.05) is 37.3 Å². The molecule has 1 aliphatic heterocycles. The first-order valence-electron chi connectivity index (χ1n) is 7.05. The number of rotatable bonds is 5. The lowest BCUT2D eigenvalue weighted by molar-refractivity contribution is 0.481. The average molecular weight is 244 g/mol. The van der Waals surface area contributed by atoms with E-state index in [0.29, 0.717) is 6.04 Å². The molecule has 0 amide bonds. The van der Waals surface area contributed by atoms with Gasteiger partial charge in [-0.05, 0) is 37.9 Å². The standard InChI is InChI=1S/C16H24N2/c1-3-5-12-18-13-10-15(17-11-4-2)14-8-6-7-9-16(14)18/h3,5-9,15,17H,4,10-13H2,1-2H3/b5-3+. The third kappa shape index (κ3) is 2.94. The quantitative estimate of drug-likeness (QED) is 0.797. The van der Waals surface area contributed by atoms with Gasteiger partial charge in [0.25, 0.3) is 0 Å². The molecule has 1 atom stereocenters. The van der Waals surface area contributed by atoms with Gasteiger partial charge < -0.3 is 10.2 Å². The summed E-state index contributed by atoms with van der Waals surface area (Å²) in [5.74, 6) is 0. The molecule has 2 nitrogen and oxygen atoms in total. The van der Waals surface area contributed by atoms with Crippen LogP contribution in [-0.2, 0) is 0 Å². The Morgan fingerprint density at radius 3 is 3.00 bits per heavy atom. The van der Waals surface area contributed by atoms with Crippen molar-refractivity contribution < 1.29 is 0 Å². The number of fused-ring (bicyclic) bond motifs is 1. The van der Waals surface area contributed by atoms with Crippen molar-refractivity contribution in [3.05, 3.63) is 42.0 Å². The molecule has 1 heterocycles. The van der Waals surface area contributed by atoms with E-state index in [1.165, 1.54) is 24.1 Å². The van der Waals surface area contributed by atoms with Crippen LogP contribution in [0.5, 0.6) is 0 Å². The van der Waals surface area contributed by atoms with Crippen molar-refractivity contribution in [2.75, 3.05) is 24.5 Å². The van der Waals surface area contributed by atoms with Gasteiger partial charge in [-0.25, -0.2) is 0 Å². The molecule has 2 rings (SSSR count). The number of nitrogens with zero attached hydrogens (tertiary/aromatic N) is 1. The zero-order chi connectivity index (χ0) is 12.8. The second-order valence-electron chi connectivity index (χ2n) is 4.87. The van der Waals surface area contributed by atoms with Crippen LogP contribution in [0.1, 0.15) is 38.3 Å². The summed E-state index contributed by atoms with van der Waals surface area (Å²) in [6.07, 6.45) is 6.76. The first-order valence-corrected chi connectivity index (χ1v) is 7.05. The first kappa shape index (κ1) is 13.2. The van der Waals surface area contributed by atoms with Crippen LogP contribution in [-0.4, -0.2) is 19.6 Å². The molecule has 0 fully saturated rings. The zero-order valence-electron chi connectivity index (χ0n) is 11.5. The summed E-state index contributed by atoms with van der Waals surface area (Å²) < 4.78 is 0. The lowest BCUT2D eigenvalue weighted by Gasteiger charge is -2.35. The highest BCUT2D eigenvalue weighted by molar-refractivity contribution is 5.57. The van der Waals surface area contributed by atoms with E-state index >= 15 is 0 Å².